The quantitative estimate of drug-likeness (QED) is 0.314. The normalized spacial score (nSPS) is 11.1. The van der Waals surface area contributed by atoms with E-state index >= 15 is 0 Å². The van der Waals surface area contributed by atoms with Gasteiger partial charge in [-0.3, -0.25) is 4.79 Å². The van der Waals surface area contributed by atoms with Crippen molar-refractivity contribution in [3.05, 3.63) is 98.0 Å². The Morgan fingerprint density at radius 1 is 1.03 bits per heavy atom. The number of carbonyl (C=O) groups excluding carboxylic acids is 1. The smallest absolute Gasteiger partial charge is 0.266 e. The molecule has 3 aromatic rings. The van der Waals surface area contributed by atoms with Crippen molar-refractivity contribution in [3.8, 4) is 11.8 Å². The molecule has 0 aliphatic carbocycles. The first-order chi connectivity index (χ1) is 15.3. The molecule has 0 unspecified atom stereocenters. The number of ether oxygens (including phenoxy) is 1. The van der Waals surface area contributed by atoms with E-state index in [0.29, 0.717) is 22.3 Å². The van der Waals surface area contributed by atoms with E-state index in [9.17, 15) is 10.1 Å². The number of hydrogen-bond donors (Lipinski definition) is 1. The summed E-state index contributed by atoms with van der Waals surface area (Å²) in [5.41, 5.74) is 4.97. The molecule has 3 rings (SSSR count). The lowest BCUT2D eigenvalue weighted by Gasteiger charge is -2.14. The van der Waals surface area contributed by atoms with Gasteiger partial charge < -0.3 is 10.1 Å². The van der Waals surface area contributed by atoms with Gasteiger partial charge in [-0.15, -0.1) is 0 Å². The zero-order chi connectivity index (χ0) is 23.3. The maximum Gasteiger partial charge on any atom is 0.266 e. The second-order valence-electron chi connectivity index (χ2n) is 7.45. The molecule has 3 aromatic carbocycles. The third kappa shape index (κ3) is 5.70. The summed E-state index contributed by atoms with van der Waals surface area (Å²) in [6, 6.07) is 18.5. The lowest BCUT2D eigenvalue weighted by atomic mass is 10.0. The van der Waals surface area contributed by atoms with Crippen LogP contribution >= 0.6 is 23.2 Å². The molecule has 1 N–H and O–H groups in total. The molecule has 0 fully saturated rings. The van der Waals surface area contributed by atoms with E-state index in [0.717, 1.165) is 33.6 Å². The maximum atomic E-state index is 12.6. The van der Waals surface area contributed by atoms with Crippen molar-refractivity contribution in [2.75, 3.05) is 5.32 Å². The highest BCUT2D eigenvalue weighted by Crippen LogP contribution is 2.29. The number of rotatable bonds is 6. The molecule has 0 saturated carbocycles. The summed E-state index contributed by atoms with van der Waals surface area (Å²) < 4.78 is 6.01. The van der Waals surface area contributed by atoms with Crippen molar-refractivity contribution >= 4 is 40.9 Å². The molecular formula is C26H22Cl2N2O2. The molecule has 4 nitrogen and oxygen atoms in total. The minimum absolute atomic E-state index is 0.0219. The number of halogens is 2. The van der Waals surface area contributed by atoms with E-state index < -0.39 is 5.91 Å². The number of nitrogens with one attached hydrogen (secondary N) is 1. The fourth-order valence-electron chi connectivity index (χ4n) is 3.30. The van der Waals surface area contributed by atoms with Crippen molar-refractivity contribution in [1.82, 2.24) is 0 Å². The van der Waals surface area contributed by atoms with Gasteiger partial charge in [-0.05, 0) is 79.4 Å². The van der Waals surface area contributed by atoms with E-state index in [-0.39, 0.29) is 5.57 Å². The summed E-state index contributed by atoms with van der Waals surface area (Å²) in [4.78, 5) is 12.6. The van der Waals surface area contributed by atoms with Crippen LogP contribution in [0.15, 0.2) is 60.2 Å². The summed E-state index contributed by atoms with van der Waals surface area (Å²) in [5, 5.41) is 13.4. The Morgan fingerprint density at radius 2 is 1.72 bits per heavy atom. The van der Waals surface area contributed by atoms with Gasteiger partial charge in [-0.25, -0.2) is 0 Å². The lowest BCUT2D eigenvalue weighted by Crippen LogP contribution is -2.14. The molecule has 0 aliphatic heterocycles. The number of anilines is 1. The zero-order valence-corrected chi connectivity index (χ0v) is 19.5. The first kappa shape index (κ1) is 23.4. The Morgan fingerprint density at radius 3 is 2.34 bits per heavy atom. The summed E-state index contributed by atoms with van der Waals surface area (Å²) in [5.74, 6) is 0.283. The van der Waals surface area contributed by atoms with E-state index in [4.69, 9.17) is 27.9 Å². The van der Waals surface area contributed by atoms with Crippen LogP contribution < -0.4 is 10.1 Å². The largest absolute Gasteiger partial charge is 0.488 e. The van der Waals surface area contributed by atoms with Gasteiger partial charge in [0.2, 0.25) is 0 Å². The van der Waals surface area contributed by atoms with Crippen LogP contribution in [-0.4, -0.2) is 5.91 Å². The van der Waals surface area contributed by atoms with Crippen molar-refractivity contribution in [1.29, 1.82) is 5.26 Å². The molecular weight excluding hydrogens is 443 g/mol. The maximum absolute atomic E-state index is 12.6. The predicted molar refractivity (Wildman–Crippen MR) is 130 cm³/mol. The number of hydrogen-bond acceptors (Lipinski definition) is 3. The summed E-state index contributed by atoms with van der Waals surface area (Å²) in [7, 11) is 0. The standard InChI is InChI=1S/C26H22Cl2N2O2/c1-16-6-4-5-7-24(16)30-26(31)21(14-29)12-19-10-17(2)25(18(3)11-19)32-15-20-8-9-22(27)13-23(20)28/h4-13H,15H2,1-3H3,(H,30,31)/b21-12+. The molecule has 0 saturated heterocycles. The van der Waals surface area contributed by atoms with Crippen LogP contribution in [0.4, 0.5) is 5.69 Å². The third-order valence-electron chi connectivity index (χ3n) is 4.94. The molecule has 0 spiro atoms. The van der Waals surface area contributed by atoms with Crippen molar-refractivity contribution in [3.63, 3.8) is 0 Å². The van der Waals surface area contributed by atoms with Gasteiger partial charge in [0.05, 0.1) is 0 Å². The molecule has 0 atom stereocenters. The Labute approximate surface area is 198 Å². The van der Waals surface area contributed by atoms with Gasteiger partial charge >= 0.3 is 0 Å². The number of para-hydroxylation sites is 1. The SMILES string of the molecule is Cc1ccccc1NC(=O)/C(C#N)=C/c1cc(C)c(OCc2ccc(Cl)cc2Cl)c(C)c1. The van der Waals surface area contributed by atoms with Crippen LogP contribution in [-0.2, 0) is 11.4 Å². The molecule has 0 radical (unpaired) electrons. The molecule has 32 heavy (non-hydrogen) atoms. The average molecular weight is 465 g/mol. The van der Waals surface area contributed by atoms with Crippen LogP contribution in [0, 0.1) is 32.1 Å². The zero-order valence-electron chi connectivity index (χ0n) is 18.0. The minimum Gasteiger partial charge on any atom is -0.488 e. The molecule has 6 heteroatoms. The molecule has 0 heterocycles. The second-order valence-corrected chi connectivity index (χ2v) is 8.29. The first-order valence-corrected chi connectivity index (χ1v) is 10.7. The van der Waals surface area contributed by atoms with E-state index in [1.807, 2.05) is 63.2 Å². The number of benzene rings is 3. The average Bonchev–Trinajstić information content (AvgIpc) is 2.74. The minimum atomic E-state index is -0.449. The van der Waals surface area contributed by atoms with E-state index in [1.165, 1.54) is 0 Å². The van der Waals surface area contributed by atoms with Crippen LogP contribution in [0.1, 0.15) is 27.8 Å². The number of aryl methyl sites for hydroxylation is 3. The van der Waals surface area contributed by atoms with E-state index in [2.05, 4.69) is 5.32 Å². The van der Waals surface area contributed by atoms with Gasteiger partial charge in [-0.1, -0.05) is 47.5 Å². The summed E-state index contributed by atoms with van der Waals surface area (Å²) in [6.45, 7) is 6.04. The van der Waals surface area contributed by atoms with Gasteiger partial charge in [0.15, 0.2) is 0 Å². The van der Waals surface area contributed by atoms with Crippen LogP contribution in [0.3, 0.4) is 0 Å². The monoisotopic (exact) mass is 464 g/mol. The van der Waals surface area contributed by atoms with Gasteiger partial charge in [-0.2, -0.15) is 5.26 Å². The van der Waals surface area contributed by atoms with Crippen LogP contribution in [0.25, 0.3) is 6.08 Å². The Hall–Kier alpha value is -3.26. The Bertz CT molecular complexity index is 1220. The highest BCUT2D eigenvalue weighted by Gasteiger charge is 2.13. The third-order valence-corrected chi connectivity index (χ3v) is 5.53. The fourth-order valence-corrected chi connectivity index (χ4v) is 3.76. The topological polar surface area (TPSA) is 62.1 Å². The second kappa shape index (κ2) is 10.4. The van der Waals surface area contributed by atoms with Crippen molar-refractivity contribution in [2.24, 2.45) is 0 Å². The number of nitriles is 1. The van der Waals surface area contributed by atoms with E-state index in [1.54, 1.807) is 24.3 Å². The predicted octanol–water partition coefficient (Wildman–Crippen LogP) is 7.04. The highest BCUT2D eigenvalue weighted by atomic mass is 35.5. The Kier molecular flexibility index (Phi) is 7.58. The first-order valence-electron chi connectivity index (χ1n) is 9.95. The van der Waals surface area contributed by atoms with Gasteiger partial charge in [0, 0.05) is 21.3 Å². The molecule has 0 bridgehead atoms. The highest BCUT2D eigenvalue weighted by molar-refractivity contribution is 6.35. The van der Waals surface area contributed by atoms with Crippen LogP contribution in [0.5, 0.6) is 5.75 Å². The molecule has 0 aromatic heterocycles. The summed E-state index contributed by atoms with van der Waals surface area (Å²) >= 11 is 12.2. The Balaban J connectivity index is 1.79. The van der Waals surface area contributed by atoms with Crippen LogP contribution in [0.2, 0.25) is 10.0 Å². The number of amides is 1. The van der Waals surface area contributed by atoms with Crippen molar-refractivity contribution in [2.45, 2.75) is 27.4 Å². The van der Waals surface area contributed by atoms with Gasteiger partial charge in [0.25, 0.3) is 5.91 Å². The van der Waals surface area contributed by atoms with Gasteiger partial charge in [0.1, 0.15) is 24.0 Å². The molecule has 0 aliphatic rings. The number of nitrogens with zero attached hydrogens (tertiary/aromatic N) is 1. The molecule has 1 amide bonds. The fraction of sp³-hybridized carbons (Fsp3) is 0.154. The summed E-state index contributed by atoms with van der Waals surface area (Å²) in [6.07, 6.45) is 1.58. The molecule has 162 valence electrons. The van der Waals surface area contributed by atoms with Crippen molar-refractivity contribution < 1.29 is 9.53 Å². The lowest BCUT2D eigenvalue weighted by molar-refractivity contribution is -0.112. The number of carbonyl (C=O) groups is 1.